The molecule has 0 aliphatic carbocycles. The SMILES string of the molecule is COc1cccc(CN(C)C(=O)c2cc(CN3C(=O)c4ccccc4C3=O)cc(C)c2O)c1. The van der Waals surface area contributed by atoms with Crippen molar-refractivity contribution in [2.24, 2.45) is 0 Å². The van der Waals surface area contributed by atoms with Crippen molar-refractivity contribution in [2.45, 2.75) is 20.0 Å². The zero-order chi connectivity index (χ0) is 23.7. The summed E-state index contributed by atoms with van der Waals surface area (Å²) >= 11 is 0. The fourth-order valence-corrected chi connectivity index (χ4v) is 4.00. The van der Waals surface area contributed by atoms with E-state index in [4.69, 9.17) is 4.74 Å². The van der Waals surface area contributed by atoms with Gasteiger partial charge in [0.05, 0.1) is 30.3 Å². The molecule has 7 heteroatoms. The average molecular weight is 444 g/mol. The van der Waals surface area contributed by atoms with E-state index < -0.39 is 0 Å². The Balaban J connectivity index is 1.58. The fraction of sp³-hybridized carbons (Fsp3) is 0.192. The highest BCUT2D eigenvalue weighted by Gasteiger charge is 2.35. The second-order valence-electron chi connectivity index (χ2n) is 8.06. The van der Waals surface area contributed by atoms with E-state index in [1.165, 1.54) is 11.0 Å². The van der Waals surface area contributed by atoms with Crippen molar-refractivity contribution in [3.8, 4) is 11.5 Å². The zero-order valence-corrected chi connectivity index (χ0v) is 18.7. The summed E-state index contributed by atoms with van der Waals surface area (Å²) in [5.74, 6) is -0.546. The molecule has 0 saturated carbocycles. The van der Waals surface area contributed by atoms with Crippen molar-refractivity contribution in [1.82, 2.24) is 9.80 Å². The van der Waals surface area contributed by atoms with Gasteiger partial charge >= 0.3 is 0 Å². The van der Waals surface area contributed by atoms with Crippen LogP contribution in [-0.2, 0) is 13.1 Å². The van der Waals surface area contributed by atoms with Crippen molar-refractivity contribution in [1.29, 1.82) is 0 Å². The minimum atomic E-state index is -0.373. The number of nitrogens with zero attached hydrogens (tertiary/aromatic N) is 2. The number of carbonyl (C=O) groups excluding carboxylic acids is 3. The summed E-state index contributed by atoms with van der Waals surface area (Å²) in [7, 11) is 3.22. The molecule has 33 heavy (non-hydrogen) atoms. The second kappa shape index (κ2) is 8.78. The van der Waals surface area contributed by atoms with Gasteiger partial charge in [0.25, 0.3) is 17.7 Å². The number of benzene rings is 3. The highest BCUT2D eigenvalue weighted by Crippen LogP contribution is 2.29. The molecule has 1 aliphatic rings. The van der Waals surface area contributed by atoms with Crippen molar-refractivity contribution in [3.05, 3.63) is 94.0 Å². The largest absolute Gasteiger partial charge is 0.507 e. The first kappa shape index (κ1) is 22.1. The maximum atomic E-state index is 13.2. The number of aromatic hydroxyl groups is 1. The molecule has 3 aromatic carbocycles. The molecule has 168 valence electrons. The molecule has 1 heterocycles. The molecule has 0 unspecified atom stereocenters. The van der Waals surface area contributed by atoms with E-state index in [9.17, 15) is 19.5 Å². The van der Waals surface area contributed by atoms with Gasteiger partial charge in [0.2, 0.25) is 0 Å². The number of carbonyl (C=O) groups is 3. The smallest absolute Gasteiger partial charge is 0.261 e. The quantitative estimate of drug-likeness (QED) is 0.585. The van der Waals surface area contributed by atoms with Crippen LogP contribution in [0.25, 0.3) is 0 Å². The minimum Gasteiger partial charge on any atom is -0.507 e. The average Bonchev–Trinajstić information content (AvgIpc) is 3.06. The third kappa shape index (κ3) is 4.17. The number of phenolic OH excluding ortho intramolecular Hbond substituents is 1. The minimum absolute atomic E-state index is 0.00729. The zero-order valence-electron chi connectivity index (χ0n) is 18.7. The van der Waals surface area contributed by atoms with E-state index >= 15 is 0 Å². The van der Waals surface area contributed by atoms with Crippen LogP contribution in [0, 0.1) is 6.92 Å². The Hall–Kier alpha value is -4.13. The number of ether oxygens (including phenoxy) is 1. The van der Waals surface area contributed by atoms with E-state index in [1.54, 1.807) is 51.4 Å². The molecule has 0 bridgehead atoms. The highest BCUT2D eigenvalue weighted by atomic mass is 16.5. The van der Waals surface area contributed by atoms with Gasteiger partial charge in [0.15, 0.2) is 0 Å². The molecule has 1 aliphatic heterocycles. The lowest BCUT2D eigenvalue weighted by molar-refractivity contribution is 0.0642. The van der Waals surface area contributed by atoms with Crippen LogP contribution in [-0.4, -0.2) is 46.8 Å². The van der Waals surface area contributed by atoms with Gasteiger partial charge in [-0.3, -0.25) is 19.3 Å². The molecule has 3 amide bonds. The van der Waals surface area contributed by atoms with Gasteiger partial charge in [-0.15, -0.1) is 0 Å². The first-order valence-electron chi connectivity index (χ1n) is 10.5. The van der Waals surface area contributed by atoms with Crippen LogP contribution in [0.2, 0.25) is 0 Å². The van der Waals surface area contributed by atoms with Gasteiger partial charge in [-0.2, -0.15) is 0 Å². The molecular weight excluding hydrogens is 420 g/mol. The van der Waals surface area contributed by atoms with Gasteiger partial charge < -0.3 is 14.7 Å². The lowest BCUT2D eigenvalue weighted by Gasteiger charge is -2.20. The van der Waals surface area contributed by atoms with Gasteiger partial charge in [0.1, 0.15) is 11.5 Å². The van der Waals surface area contributed by atoms with Crippen LogP contribution >= 0.6 is 0 Å². The molecule has 0 saturated heterocycles. The Morgan fingerprint density at radius 1 is 0.970 bits per heavy atom. The molecule has 0 fully saturated rings. The van der Waals surface area contributed by atoms with Crippen LogP contribution < -0.4 is 4.74 Å². The van der Waals surface area contributed by atoms with Crippen LogP contribution in [0.4, 0.5) is 0 Å². The topological polar surface area (TPSA) is 87.2 Å². The number of phenols is 1. The number of fused-ring (bicyclic) bond motifs is 1. The van der Waals surface area contributed by atoms with Crippen molar-refractivity contribution in [3.63, 3.8) is 0 Å². The van der Waals surface area contributed by atoms with E-state index in [1.807, 2.05) is 24.3 Å². The number of methoxy groups -OCH3 is 1. The molecule has 0 atom stereocenters. The standard InChI is InChI=1S/C26H24N2O5/c1-16-11-18(15-28-25(31)20-9-4-5-10-21(20)26(28)32)13-22(23(16)29)24(30)27(2)14-17-7-6-8-19(12-17)33-3/h4-13,29H,14-15H2,1-3H3. The maximum Gasteiger partial charge on any atom is 0.261 e. The molecule has 4 rings (SSSR count). The van der Waals surface area contributed by atoms with E-state index in [2.05, 4.69) is 0 Å². The summed E-state index contributed by atoms with van der Waals surface area (Å²) in [4.78, 5) is 41.2. The number of amides is 3. The third-order valence-corrected chi connectivity index (χ3v) is 5.71. The molecular formula is C26H24N2O5. The molecule has 0 spiro atoms. The van der Waals surface area contributed by atoms with Crippen LogP contribution in [0.3, 0.4) is 0 Å². The number of imide groups is 1. The number of hydrogen-bond acceptors (Lipinski definition) is 5. The summed E-state index contributed by atoms with van der Waals surface area (Å²) in [6, 6.07) is 17.3. The predicted molar refractivity (Wildman–Crippen MR) is 122 cm³/mol. The second-order valence-corrected chi connectivity index (χ2v) is 8.06. The van der Waals surface area contributed by atoms with Gasteiger partial charge in [-0.25, -0.2) is 0 Å². The summed E-state index contributed by atoms with van der Waals surface area (Å²) in [6.45, 7) is 2.00. The molecule has 1 N–H and O–H groups in total. The molecule has 0 radical (unpaired) electrons. The fourth-order valence-electron chi connectivity index (χ4n) is 4.00. The summed E-state index contributed by atoms with van der Waals surface area (Å²) in [5.41, 5.74) is 2.80. The Morgan fingerprint density at radius 3 is 2.27 bits per heavy atom. The predicted octanol–water partition coefficient (Wildman–Crippen LogP) is 3.78. The number of aryl methyl sites for hydroxylation is 1. The van der Waals surface area contributed by atoms with Crippen LogP contribution in [0.1, 0.15) is 47.8 Å². The van der Waals surface area contributed by atoms with Gasteiger partial charge in [-0.05, 0) is 53.9 Å². The molecule has 0 aromatic heterocycles. The Morgan fingerprint density at radius 2 is 1.64 bits per heavy atom. The van der Waals surface area contributed by atoms with E-state index in [0.29, 0.717) is 34.5 Å². The first-order valence-corrected chi connectivity index (χ1v) is 10.5. The lowest BCUT2D eigenvalue weighted by atomic mass is 10.0. The summed E-state index contributed by atoms with van der Waals surface area (Å²) in [5, 5.41) is 10.6. The lowest BCUT2D eigenvalue weighted by Crippen LogP contribution is -2.30. The van der Waals surface area contributed by atoms with Crippen molar-refractivity contribution in [2.75, 3.05) is 14.2 Å². The Labute approximate surface area is 191 Å². The van der Waals surface area contributed by atoms with Crippen LogP contribution in [0.5, 0.6) is 11.5 Å². The van der Waals surface area contributed by atoms with E-state index in [-0.39, 0.29) is 35.6 Å². The van der Waals surface area contributed by atoms with Crippen LogP contribution in [0.15, 0.2) is 60.7 Å². The first-order chi connectivity index (χ1) is 15.8. The summed E-state index contributed by atoms with van der Waals surface area (Å²) in [6.07, 6.45) is 0. The molecule has 3 aromatic rings. The maximum absolute atomic E-state index is 13.2. The highest BCUT2D eigenvalue weighted by molar-refractivity contribution is 6.21. The number of rotatable bonds is 6. The Kier molecular flexibility index (Phi) is 5.87. The third-order valence-electron chi connectivity index (χ3n) is 5.71. The molecule has 7 nitrogen and oxygen atoms in total. The number of hydrogen-bond donors (Lipinski definition) is 1. The van der Waals surface area contributed by atoms with Crippen molar-refractivity contribution >= 4 is 17.7 Å². The summed E-state index contributed by atoms with van der Waals surface area (Å²) < 4.78 is 5.23. The van der Waals surface area contributed by atoms with E-state index in [0.717, 1.165) is 10.5 Å². The Bertz CT molecular complexity index is 1230. The van der Waals surface area contributed by atoms with Crippen molar-refractivity contribution < 1.29 is 24.2 Å². The normalized spacial score (nSPS) is 12.6. The van der Waals surface area contributed by atoms with Gasteiger partial charge in [-0.1, -0.05) is 30.3 Å². The monoisotopic (exact) mass is 444 g/mol. The van der Waals surface area contributed by atoms with Gasteiger partial charge in [0, 0.05) is 13.6 Å².